The van der Waals surface area contributed by atoms with Gasteiger partial charge in [0.25, 0.3) is 0 Å². The summed E-state index contributed by atoms with van der Waals surface area (Å²) in [6.07, 6.45) is 3.54. The summed E-state index contributed by atoms with van der Waals surface area (Å²) >= 11 is 0. The van der Waals surface area contributed by atoms with Crippen LogP contribution in [-0.2, 0) is 0 Å². The third kappa shape index (κ3) is 3.07. The van der Waals surface area contributed by atoms with Gasteiger partial charge in [-0.3, -0.25) is 10.4 Å². The van der Waals surface area contributed by atoms with Crippen molar-refractivity contribution in [1.29, 1.82) is 0 Å². The Bertz CT molecular complexity index is 992. The van der Waals surface area contributed by atoms with Crippen LogP contribution in [0.5, 0.6) is 5.75 Å². The fraction of sp³-hybridized carbons (Fsp3) is 0.0952. The predicted octanol–water partition coefficient (Wildman–Crippen LogP) is 3.83. The van der Waals surface area contributed by atoms with Crippen LogP contribution < -0.4 is 10.2 Å². The molecule has 26 heavy (non-hydrogen) atoms. The van der Waals surface area contributed by atoms with Gasteiger partial charge in [0.15, 0.2) is 5.84 Å². The van der Waals surface area contributed by atoms with Crippen LogP contribution in [0.3, 0.4) is 0 Å². The molecule has 128 valence electrons. The van der Waals surface area contributed by atoms with Crippen molar-refractivity contribution in [3.8, 4) is 5.75 Å². The standard InChI is InChI=1S/C21H18N4O/c1-14-5-7-15(8-6-14)21-23-19-10-9-17(26-2)12-18(19)20(24-25-21)16-4-3-11-22-13-16/h3-13H,1-2H3,(H,23,25). The number of nitrogens with zero attached hydrogens (tertiary/aromatic N) is 3. The molecule has 0 fully saturated rings. The molecular formula is C21H18N4O. The molecule has 0 saturated carbocycles. The van der Waals surface area contributed by atoms with E-state index in [0.29, 0.717) is 5.84 Å². The molecule has 2 aromatic carbocycles. The second-order valence-corrected chi connectivity index (χ2v) is 6.02. The minimum absolute atomic E-state index is 0.704. The quantitative estimate of drug-likeness (QED) is 0.787. The normalized spacial score (nSPS) is 13.0. The maximum absolute atomic E-state index is 5.39. The van der Waals surface area contributed by atoms with Crippen LogP contribution in [0.1, 0.15) is 22.3 Å². The highest BCUT2D eigenvalue weighted by Crippen LogP contribution is 2.29. The Morgan fingerprint density at radius 2 is 1.81 bits per heavy atom. The van der Waals surface area contributed by atoms with Gasteiger partial charge < -0.3 is 4.74 Å². The topological polar surface area (TPSA) is 58.9 Å². The van der Waals surface area contributed by atoms with E-state index in [2.05, 4.69) is 34.6 Å². The molecule has 0 amide bonds. The smallest absolute Gasteiger partial charge is 0.154 e. The zero-order chi connectivity index (χ0) is 17.9. The lowest BCUT2D eigenvalue weighted by Crippen LogP contribution is -2.19. The molecule has 1 aliphatic heterocycles. The number of nitrogens with one attached hydrogen (secondary N) is 1. The highest BCUT2D eigenvalue weighted by Gasteiger charge is 2.18. The second-order valence-electron chi connectivity index (χ2n) is 6.02. The Balaban J connectivity index is 1.87. The first-order valence-electron chi connectivity index (χ1n) is 8.33. The van der Waals surface area contributed by atoms with E-state index in [-0.39, 0.29) is 0 Å². The van der Waals surface area contributed by atoms with Crippen LogP contribution in [0.2, 0.25) is 0 Å². The summed E-state index contributed by atoms with van der Waals surface area (Å²) < 4.78 is 5.39. The van der Waals surface area contributed by atoms with Gasteiger partial charge in [-0.25, -0.2) is 4.99 Å². The Morgan fingerprint density at radius 3 is 2.54 bits per heavy atom. The zero-order valence-corrected chi connectivity index (χ0v) is 14.6. The third-order valence-corrected chi connectivity index (χ3v) is 4.22. The minimum Gasteiger partial charge on any atom is -0.497 e. The van der Waals surface area contributed by atoms with Crippen molar-refractivity contribution in [3.63, 3.8) is 0 Å². The van der Waals surface area contributed by atoms with Gasteiger partial charge in [0.2, 0.25) is 0 Å². The summed E-state index contributed by atoms with van der Waals surface area (Å²) in [5.74, 6) is 1.46. The molecule has 0 saturated heterocycles. The minimum atomic E-state index is 0.704. The number of methoxy groups -OCH3 is 1. The summed E-state index contributed by atoms with van der Waals surface area (Å²) in [5, 5.41) is 4.63. The largest absolute Gasteiger partial charge is 0.497 e. The van der Waals surface area contributed by atoms with Gasteiger partial charge in [-0.15, -0.1) is 0 Å². The average Bonchev–Trinajstić information content (AvgIpc) is 2.88. The van der Waals surface area contributed by atoms with Gasteiger partial charge in [-0.05, 0) is 37.3 Å². The highest BCUT2D eigenvalue weighted by molar-refractivity contribution is 6.18. The van der Waals surface area contributed by atoms with Gasteiger partial charge in [0, 0.05) is 29.1 Å². The van der Waals surface area contributed by atoms with Crippen molar-refractivity contribution in [1.82, 2.24) is 10.4 Å². The molecule has 1 aliphatic rings. The van der Waals surface area contributed by atoms with Gasteiger partial charge in [0.05, 0.1) is 12.8 Å². The molecule has 0 radical (unpaired) electrons. The van der Waals surface area contributed by atoms with E-state index in [4.69, 9.17) is 9.73 Å². The number of aryl methyl sites for hydroxylation is 1. The molecule has 3 aromatic rings. The number of pyridine rings is 1. The van der Waals surface area contributed by atoms with E-state index in [0.717, 1.165) is 33.8 Å². The Kier molecular flexibility index (Phi) is 4.19. The molecule has 2 heterocycles. The summed E-state index contributed by atoms with van der Waals surface area (Å²) in [6, 6.07) is 17.9. The first-order valence-corrected chi connectivity index (χ1v) is 8.33. The fourth-order valence-electron chi connectivity index (χ4n) is 2.81. The second kappa shape index (κ2) is 6.80. The van der Waals surface area contributed by atoms with E-state index >= 15 is 0 Å². The van der Waals surface area contributed by atoms with E-state index in [1.165, 1.54) is 5.56 Å². The third-order valence-electron chi connectivity index (χ3n) is 4.22. The lowest BCUT2D eigenvalue weighted by Gasteiger charge is -2.09. The van der Waals surface area contributed by atoms with Crippen molar-refractivity contribution in [2.24, 2.45) is 10.1 Å². The first-order chi connectivity index (χ1) is 12.7. The SMILES string of the molecule is COc1ccc2c(c1)C(c1cccnc1)=NNC(c1ccc(C)cc1)=N2. The maximum atomic E-state index is 5.39. The molecule has 0 spiro atoms. The summed E-state index contributed by atoms with van der Waals surface area (Å²) in [7, 11) is 1.65. The maximum Gasteiger partial charge on any atom is 0.154 e. The van der Waals surface area contributed by atoms with Crippen molar-refractivity contribution < 1.29 is 4.74 Å². The molecule has 0 atom stereocenters. The molecule has 0 unspecified atom stereocenters. The number of hydrazone groups is 1. The van der Waals surface area contributed by atoms with Crippen molar-refractivity contribution in [2.45, 2.75) is 6.92 Å². The van der Waals surface area contributed by atoms with E-state index in [1.807, 2.05) is 42.5 Å². The van der Waals surface area contributed by atoms with Gasteiger partial charge in [0.1, 0.15) is 11.5 Å². The van der Waals surface area contributed by atoms with Crippen molar-refractivity contribution in [2.75, 3.05) is 7.11 Å². The predicted molar refractivity (Wildman–Crippen MR) is 103 cm³/mol. The van der Waals surface area contributed by atoms with E-state index < -0.39 is 0 Å². The summed E-state index contributed by atoms with van der Waals surface area (Å²) in [6.45, 7) is 2.06. The van der Waals surface area contributed by atoms with Crippen LogP contribution in [0, 0.1) is 6.92 Å². The molecule has 0 aliphatic carbocycles. The molecule has 5 heteroatoms. The zero-order valence-electron chi connectivity index (χ0n) is 14.6. The van der Waals surface area contributed by atoms with Crippen LogP contribution >= 0.6 is 0 Å². The van der Waals surface area contributed by atoms with E-state index in [9.17, 15) is 0 Å². The van der Waals surface area contributed by atoms with Gasteiger partial charge in [-0.1, -0.05) is 29.8 Å². The number of rotatable bonds is 3. The number of amidine groups is 1. The van der Waals surface area contributed by atoms with Gasteiger partial charge in [-0.2, -0.15) is 5.10 Å². The number of hydrogen-bond donors (Lipinski definition) is 1. The summed E-state index contributed by atoms with van der Waals surface area (Å²) in [5.41, 5.74) is 8.71. The number of hydrogen-bond acceptors (Lipinski definition) is 5. The first kappa shape index (κ1) is 16.0. The van der Waals surface area contributed by atoms with Gasteiger partial charge >= 0.3 is 0 Å². The van der Waals surface area contributed by atoms with E-state index in [1.54, 1.807) is 19.5 Å². The number of fused-ring (bicyclic) bond motifs is 1. The average molecular weight is 342 g/mol. The molecule has 5 nitrogen and oxygen atoms in total. The molecule has 0 bridgehead atoms. The summed E-state index contributed by atoms with van der Waals surface area (Å²) in [4.78, 5) is 9.02. The Labute approximate surface area is 152 Å². The Morgan fingerprint density at radius 1 is 0.962 bits per heavy atom. The number of ether oxygens (including phenoxy) is 1. The Hall–Kier alpha value is -3.47. The highest BCUT2D eigenvalue weighted by atomic mass is 16.5. The van der Waals surface area contributed by atoms with Crippen molar-refractivity contribution in [3.05, 3.63) is 89.2 Å². The lowest BCUT2D eigenvalue weighted by molar-refractivity contribution is 0.415. The van der Waals surface area contributed by atoms with Crippen LogP contribution in [0.15, 0.2) is 77.1 Å². The van der Waals surface area contributed by atoms with Crippen LogP contribution in [-0.4, -0.2) is 23.6 Å². The number of aromatic nitrogens is 1. The van der Waals surface area contributed by atoms with Crippen LogP contribution in [0.25, 0.3) is 0 Å². The van der Waals surface area contributed by atoms with Crippen LogP contribution in [0.4, 0.5) is 5.69 Å². The molecular weight excluding hydrogens is 324 g/mol. The van der Waals surface area contributed by atoms with Crippen molar-refractivity contribution >= 4 is 17.2 Å². The monoisotopic (exact) mass is 342 g/mol. The fourth-order valence-corrected chi connectivity index (χ4v) is 2.81. The molecule has 1 N–H and O–H groups in total. The molecule has 4 rings (SSSR count). The molecule has 1 aromatic heterocycles. The lowest BCUT2D eigenvalue weighted by atomic mass is 10.0. The number of benzene rings is 2. The number of aliphatic imine (C=N–C) groups is 1.